The number of hydrogen-bond donors (Lipinski definition) is 0. The van der Waals surface area contributed by atoms with Crippen molar-refractivity contribution in [1.29, 1.82) is 0 Å². The number of nitrogens with zero attached hydrogens (tertiary/aromatic N) is 4. The van der Waals surface area contributed by atoms with Crippen LogP contribution in [0, 0.1) is 20.8 Å². The number of rotatable bonds is 3. The van der Waals surface area contributed by atoms with E-state index in [9.17, 15) is 8.78 Å². The van der Waals surface area contributed by atoms with Gasteiger partial charge < -0.3 is 0 Å². The molecule has 2 aromatic heterocycles. The molecule has 0 saturated heterocycles. The van der Waals surface area contributed by atoms with Crippen molar-refractivity contribution in [3.05, 3.63) is 46.6 Å². The Hall–Kier alpha value is -1.98. The molecule has 120 valence electrons. The van der Waals surface area contributed by atoms with Crippen LogP contribution in [0.25, 0.3) is 0 Å². The zero-order valence-electron chi connectivity index (χ0n) is 13.7. The lowest BCUT2D eigenvalue weighted by molar-refractivity contribution is 0.145. The van der Waals surface area contributed by atoms with Crippen molar-refractivity contribution in [1.82, 2.24) is 19.9 Å². The largest absolute Gasteiger partial charge is 0.280 e. The van der Waals surface area contributed by atoms with E-state index in [-0.39, 0.29) is 5.69 Å². The molecule has 0 aliphatic rings. The lowest BCUT2D eigenvalue weighted by Gasteiger charge is -2.02. The maximum absolute atomic E-state index is 12.2. The van der Waals surface area contributed by atoms with Crippen LogP contribution in [0.5, 0.6) is 0 Å². The van der Waals surface area contributed by atoms with Gasteiger partial charge >= 0.3 is 0 Å². The second kappa shape index (κ2) is 8.46. The minimum Gasteiger partial charge on any atom is -0.239 e. The van der Waals surface area contributed by atoms with Crippen LogP contribution in [-0.4, -0.2) is 19.9 Å². The molecular formula is C16H22F2N4. The van der Waals surface area contributed by atoms with Crippen LogP contribution in [-0.2, 0) is 12.8 Å². The van der Waals surface area contributed by atoms with Crippen molar-refractivity contribution in [2.24, 2.45) is 0 Å². The highest BCUT2D eigenvalue weighted by atomic mass is 19.3. The van der Waals surface area contributed by atoms with Crippen LogP contribution >= 0.6 is 0 Å². The molecule has 2 heterocycles. The molecule has 0 fully saturated rings. The quantitative estimate of drug-likeness (QED) is 0.861. The number of hydrogen-bond acceptors (Lipinski definition) is 4. The monoisotopic (exact) mass is 308 g/mol. The lowest BCUT2D eigenvalue weighted by Crippen LogP contribution is -1.99. The summed E-state index contributed by atoms with van der Waals surface area (Å²) in [7, 11) is 0. The van der Waals surface area contributed by atoms with E-state index in [1.165, 1.54) is 6.07 Å². The number of alkyl halides is 2. The van der Waals surface area contributed by atoms with E-state index in [0.29, 0.717) is 17.9 Å². The fraction of sp³-hybridized carbons (Fsp3) is 0.500. The van der Waals surface area contributed by atoms with E-state index in [1.807, 2.05) is 26.8 Å². The number of aromatic nitrogens is 4. The van der Waals surface area contributed by atoms with Gasteiger partial charge in [0.05, 0.1) is 0 Å². The van der Waals surface area contributed by atoms with Crippen molar-refractivity contribution in [2.75, 3.05) is 0 Å². The smallest absolute Gasteiger partial charge is 0.239 e. The Balaban J connectivity index is 0.000000224. The molecule has 0 bridgehead atoms. The summed E-state index contributed by atoms with van der Waals surface area (Å²) in [4.78, 5) is 16.0. The molecule has 22 heavy (non-hydrogen) atoms. The molecule has 0 unspecified atom stereocenters. The van der Waals surface area contributed by atoms with Gasteiger partial charge in [0.25, 0.3) is 6.43 Å². The van der Waals surface area contributed by atoms with Gasteiger partial charge in [-0.3, -0.25) is 0 Å². The van der Waals surface area contributed by atoms with E-state index < -0.39 is 6.43 Å². The van der Waals surface area contributed by atoms with Crippen molar-refractivity contribution in [2.45, 2.75) is 53.9 Å². The first-order chi connectivity index (χ1) is 10.3. The second-order valence-corrected chi connectivity index (χ2v) is 4.89. The molecular weight excluding hydrogens is 286 g/mol. The summed E-state index contributed by atoms with van der Waals surface area (Å²) >= 11 is 0. The molecule has 4 nitrogen and oxygen atoms in total. The van der Waals surface area contributed by atoms with Gasteiger partial charge in [-0.25, -0.2) is 28.7 Å². The average Bonchev–Trinajstić information content (AvgIpc) is 2.46. The topological polar surface area (TPSA) is 51.6 Å². The highest BCUT2D eigenvalue weighted by Crippen LogP contribution is 2.16. The predicted octanol–water partition coefficient (Wildman–Crippen LogP) is 3.94. The van der Waals surface area contributed by atoms with Gasteiger partial charge in [0.2, 0.25) is 0 Å². The Bertz CT molecular complexity index is 595. The Labute approximate surface area is 130 Å². The van der Waals surface area contributed by atoms with Gasteiger partial charge in [-0.05, 0) is 45.7 Å². The number of aryl methyl sites for hydroxylation is 5. The molecule has 0 aliphatic heterocycles. The fourth-order valence-corrected chi connectivity index (χ4v) is 1.92. The summed E-state index contributed by atoms with van der Waals surface area (Å²) in [6.45, 7) is 9.50. The highest BCUT2D eigenvalue weighted by molar-refractivity contribution is 5.11. The first-order valence-electron chi connectivity index (χ1n) is 7.29. The van der Waals surface area contributed by atoms with Crippen molar-refractivity contribution < 1.29 is 8.78 Å². The Kier molecular flexibility index (Phi) is 6.95. The molecule has 6 heteroatoms. The molecule has 0 amide bonds. The number of halogens is 2. The molecule has 0 N–H and O–H groups in total. The molecule has 2 rings (SSSR count). The van der Waals surface area contributed by atoms with E-state index in [2.05, 4.69) is 26.9 Å². The average molecular weight is 308 g/mol. The Morgan fingerprint density at radius 3 is 1.77 bits per heavy atom. The highest BCUT2D eigenvalue weighted by Gasteiger charge is 2.10. The summed E-state index contributed by atoms with van der Waals surface area (Å²) in [5, 5.41) is 0. The molecule has 0 aromatic carbocycles. The standard InChI is InChI=1S/C8H10F2N2.C8H12N2/c1-3-6-4-7(8(9)10)12-5(2)11-6;1-4-8-5-6(2)9-7(3)10-8/h4,8H,3H2,1-2H3;5H,4H2,1-3H3. The van der Waals surface area contributed by atoms with Gasteiger partial charge in [0.15, 0.2) is 0 Å². The van der Waals surface area contributed by atoms with Crippen LogP contribution in [0.1, 0.15) is 54.7 Å². The van der Waals surface area contributed by atoms with Gasteiger partial charge in [-0.15, -0.1) is 0 Å². The predicted molar refractivity (Wildman–Crippen MR) is 82.0 cm³/mol. The van der Waals surface area contributed by atoms with Gasteiger partial charge in [-0.1, -0.05) is 13.8 Å². The third kappa shape index (κ3) is 5.79. The van der Waals surface area contributed by atoms with Crippen molar-refractivity contribution in [3.63, 3.8) is 0 Å². The van der Waals surface area contributed by atoms with E-state index >= 15 is 0 Å². The molecule has 0 saturated carbocycles. The van der Waals surface area contributed by atoms with E-state index in [0.717, 1.165) is 23.6 Å². The molecule has 0 radical (unpaired) electrons. The van der Waals surface area contributed by atoms with Gasteiger partial charge in [0, 0.05) is 17.1 Å². The summed E-state index contributed by atoms with van der Waals surface area (Å²) in [6.07, 6.45) is -0.857. The lowest BCUT2D eigenvalue weighted by atomic mass is 10.2. The first-order valence-corrected chi connectivity index (χ1v) is 7.29. The SMILES string of the molecule is CCc1cc(C(F)F)nc(C)n1.CCc1cc(C)nc(C)n1. The Morgan fingerprint density at radius 1 is 0.818 bits per heavy atom. The third-order valence-corrected chi connectivity index (χ3v) is 2.88. The van der Waals surface area contributed by atoms with Crippen molar-refractivity contribution in [3.8, 4) is 0 Å². The normalized spacial score (nSPS) is 10.4. The van der Waals surface area contributed by atoms with Crippen LogP contribution in [0.4, 0.5) is 8.78 Å². The summed E-state index contributed by atoms with van der Waals surface area (Å²) in [5.74, 6) is 1.28. The summed E-state index contributed by atoms with van der Waals surface area (Å²) in [5.41, 5.74) is 2.67. The van der Waals surface area contributed by atoms with Crippen molar-refractivity contribution >= 4 is 0 Å². The van der Waals surface area contributed by atoms with E-state index in [4.69, 9.17) is 0 Å². The molecule has 0 spiro atoms. The fourth-order valence-electron chi connectivity index (χ4n) is 1.92. The molecule has 2 aromatic rings. The van der Waals surface area contributed by atoms with Crippen LogP contribution < -0.4 is 0 Å². The van der Waals surface area contributed by atoms with Crippen LogP contribution in [0.3, 0.4) is 0 Å². The maximum atomic E-state index is 12.2. The van der Waals surface area contributed by atoms with Gasteiger partial charge in [0.1, 0.15) is 17.3 Å². The molecule has 0 aliphatic carbocycles. The van der Waals surface area contributed by atoms with E-state index in [1.54, 1.807) is 6.92 Å². The minimum atomic E-state index is -2.50. The summed E-state index contributed by atoms with van der Waals surface area (Å²) in [6, 6.07) is 3.37. The third-order valence-electron chi connectivity index (χ3n) is 2.88. The minimum absolute atomic E-state index is 0.181. The zero-order chi connectivity index (χ0) is 16.7. The zero-order valence-corrected chi connectivity index (χ0v) is 13.7. The Morgan fingerprint density at radius 2 is 1.32 bits per heavy atom. The second-order valence-electron chi connectivity index (χ2n) is 4.89. The summed E-state index contributed by atoms with van der Waals surface area (Å²) < 4.78 is 24.3. The van der Waals surface area contributed by atoms with Gasteiger partial charge in [-0.2, -0.15) is 0 Å². The van der Waals surface area contributed by atoms with Crippen LogP contribution in [0.15, 0.2) is 12.1 Å². The molecule has 0 atom stereocenters. The first kappa shape index (κ1) is 18.1. The maximum Gasteiger partial charge on any atom is 0.280 e. The van der Waals surface area contributed by atoms with Crippen LogP contribution in [0.2, 0.25) is 0 Å².